The van der Waals surface area contributed by atoms with Gasteiger partial charge in [0.15, 0.2) is 5.82 Å². The quantitative estimate of drug-likeness (QED) is 0.791. The van der Waals surface area contributed by atoms with Crippen molar-refractivity contribution in [2.24, 2.45) is 5.92 Å². The predicted octanol–water partition coefficient (Wildman–Crippen LogP) is 2.71. The molecule has 19 heavy (non-hydrogen) atoms. The number of aliphatic carboxylic acids is 1. The number of carboxylic acid groups (broad SMARTS) is 1. The third-order valence-corrected chi connectivity index (χ3v) is 3.01. The lowest BCUT2D eigenvalue weighted by molar-refractivity contribution is -0.141. The Bertz CT molecular complexity index is 479. The monoisotopic (exact) mass is 287 g/mol. The molecular formula is C13H15ClFNO3. The molecule has 104 valence electrons. The number of hydrogen-bond donors (Lipinski definition) is 2. The van der Waals surface area contributed by atoms with Crippen molar-refractivity contribution in [1.82, 2.24) is 5.32 Å². The Labute approximate surface area is 115 Å². The fraction of sp³-hybridized carbons (Fsp3) is 0.385. The van der Waals surface area contributed by atoms with Crippen molar-refractivity contribution in [1.29, 1.82) is 0 Å². The third-order valence-electron chi connectivity index (χ3n) is 2.72. The van der Waals surface area contributed by atoms with Gasteiger partial charge >= 0.3 is 5.97 Å². The van der Waals surface area contributed by atoms with E-state index in [4.69, 9.17) is 16.7 Å². The van der Waals surface area contributed by atoms with E-state index in [1.165, 1.54) is 18.2 Å². The highest BCUT2D eigenvalue weighted by Gasteiger charge is 2.14. The van der Waals surface area contributed by atoms with E-state index in [2.05, 4.69) is 5.32 Å². The van der Waals surface area contributed by atoms with E-state index in [1.54, 1.807) is 6.92 Å². The minimum Gasteiger partial charge on any atom is -0.481 e. The molecular weight excluding hydrogens is 273 g/mol. The topological polar surface area (TPSA) is 66.4 Å². The number of carbonyl (C=O) groups excluding carboxylic acids is 1. The normalized spacial score (nSPS) is 11.9. The first kappa shape index (κ1) is 15.4. The lowest BCUT2D eigenvalue weighted by Gasteiger charge is -2.08. The van der Waals surface area contributed by atoms with Gasteiger partial charge in [-0.25, -0.2) is 4.39 Å². The summed E-state index contributed by atoms with van der Waals surface area (Å²) in [5.74, 6) is -2.63. The molecule has 0 heterocycles. The summed E-state index contributed by atoms with van der Waals surface area (Å²) in [6.45, 7) is 1.89. The first-order valence-electron chi connectivity index (χ1n) is 5.88. The summed E-state index contributed by atoms with van der Waals surface area (Å²) in [4.78, 5) is 22.2. The van der Waals surface area contributed by atoms with Crippen LogP contribution in [0.15, 0.2) is 18.2 Å². The van der Waals surface area contributed by atoms with Crippen LogP contribution in [0.3, 0.4) is 0 Å². The summed E-state index contributed by atoms with van der Waals surface area (Å²) in [5.41, 5.74) is -0.112. The second kappa shape index (κ2) is 7.09. The first-order valence-corrected chi connectivity index (χ1v) is 6.26. The highest BCUT2D eigenvalue weighted by molar-refractivity contribution is 6.31. The van der Waals surface area contributed by atoms with Crippen molar-refractivity contribution in [2.75, 3.05) is 6.54 Å². The minimum atomic E-state index is -0.868. The van der Waals surface area contributed by atoms with Gasteiger partial charge in [0.2, 0.25) is 0 Å². The van der Waals surface area contributed by atoms with Crippen LogP contribution in [0.1, 0.15) is 30.1 Å². The van der Waals surface area contributed by atoms with Crippen molar-refractivity contribution in [2.45, 2.75) is 19.8 Å². The van der Waals surface area contributed by atoms with Crippen molar-refractivity contribution in [3.8, 4) is 0 Å². The smallest absolute Gasteiger partial charge is 0.306 e. The predicted molar refractivity (Wildman–Crippen MR) is 69.8 cm³/mol. The van der Waals surface area contributed by atoms with Gasteiger partial charge < -0.3 is 10.4 Å². The van der Waals surface area contributed by atoms with Crippen LogP contribution in [0.5, 0.6) is 0 Å². The fourth-order valence-electron chi connectivity index (χ4n) is 1.51. The molecule has 1 aromatic rings. The molecule has 0 aliphatic rings. The number of amides is 1. The molecule has 1 atom stereocenters. The number of benzene rings is 1. The van der Waals surface area contributed by atoms with E-state index in [1.807, 2.05) is 0 Å². The second-order valence-electron chi connectivity index (χ2n) is 4.24. The Morgan fingerprint density at radius 2 is 2.16 bits per heavy atom. The lowest BCUT2D eigenvalue weighted by atomic mass is 10.1. The molecule has 1 unspecified atom stereocenters. The fourth-order valence-corrected chi connectivity index (χ4v) is 1.68. The highest BCUT2D eigenvalue weighted by atomic mass is 35.5. The van der Waals surface area contributed by atoms with E-state index in [0.717, 1.165) is 0 Å². The summed E-state index contributed by atoms with van der Waals surface area (Å²) < 4.78 is 13.5. The molecule has 2 N–H and O–H groups in total. The third kappa shape index (κ3) is 4.52. The van der Waals surface area contributed by atoms with Gasteiger partial charge in [0, 0.05) is 6.54 Å². The van der Waals surface area contributed by atoms with Gasteiger partial charge in [0.1, 0.15) is 0 Å². The van der Waals surface area contributed by atoms with E-state index < -0.39 is 23.6 Å². The number of hydrogen-bond acceptors (Lipinski definition) is 2. The maximum Gasteiger partial charge on any atom is 0.306 e. The number of halogens is 2. The zero-order valence-corrected chi connectivity index (χ0v) is 11.2. The molecule has 0 aliphatic carbocycles. The van der Waals surface area contributed by atoms with Gasteiger partial charge in [-0.3, -0.25) is 9.59 Å². The summed E-state index contributed by atoms with van der Waals surface area (Å²) in [5, 5.41) is 11.1. The zero-order valence-electron chi connectivity index (χ0n) is 10.5. The van der Waals surface area contributed by atoms with Crippen LogP contribution in [-0.4, -0.2) is 23.5 Å². The van der Waals surface area contributed by atoms with Gasteiger partial charge in [0.05, 0.1) is 16.5 Å². The van der Waals surface area contributed by atoms with Crippen LogP contribution < -0.4 is 5.32 Å². The van der Waals surface area contributed by atoms with Gasteiger partial charge in [-0.05, 0) is 25.0 Å². The standard InChI is InChI=1S/C13H15ClFNO3/c1-8(13(18)19)4-3-7-16-12(17)9-5-2-6-10(14)11(9)15/h2,5-6,8H,3-4,7H2,1H3,(H,16,17)(H,18,19). The SMILES string of the molecule is CC(CCCNC(=O)c1cccc(Cl)c1F)C(=O)O. The molecule has 1 aromatic carbocycles. The maximum atomic E-state index is 13.5. The number of carboxylic acids is 1. The maximum absolute atomic E-state index is 13.5. The van der Waals surface area contributed by atoms with Crippen LogP contribution in [0, 0.1) is 11.7 Å². The molecule has 1 amide bonds. The number of rotatable bonds is 6. The summed E-state index contributed by atoms with van der Waals surface area (Å²) >= 11 is 5.58. The largest absolute Gasteiger partial charge is 0.481 e. The molecule has 1 rings (SSSR count). The van der Waals surface area contributed by atoms with E-state index in [-0.39, 0.29) is 10.6 Å². The molecule has 0 saturated carbocycles. The van der Waals surface area contributed by atoms with E-state index >= 15 is 0 Å². The average Bonchev–Trinajstić information content (AvgIpc) is 2.37. The molecule has 6 heteroatoms. The highest BCUT2D eigenvalue weighted by Crippen LogP contribution is 2.17. The van der Waals surface area contributed by atoms with Gasteiger partial charge in [0.25, 0.3) is 5.91 Å². The molecule has 0 aliphatic heterocycles. The van der Waals surface area contributed by atoms with Crippen molar-refractivity contribution >= 4 is 23.5 Å². The lowest BCUT2D eigenvalue weighted by Crippen LogP contribution is -2.26. The second-order valence-corrected chi connectivity index (χ2v) is 4.65. The van der Waals surface area contributed by atoms with Crippen molar-refractivity contribution < 1.29 is 19.1 Å². The van der Waals surface area contributed by atoms with Gasteiger partial charge in [-0.1, -0.05) is 24.6 Å². The Morgan fingerprint density at radius 1 is 1.47 bits per heavy atom. The van der Waals surface area contributed by atoms with Crippen LogP contribution in [0.2, 0.25) is 5.02 Å². The summed E-state index contributed by atoms with van der Waals surface area (Å²) in [7, 11) is 0. The Morgan fingerprint density at radius 3 is 2.79 bits per heavy atom. The summed E-state index contributed by atoms with van der Waals surface area (Å²) in [6.07, 6.45) is 0.967. The van der Waals surface area contributed by atoms with E-state index in [0.29, 0.717) is 19.4 Å². The number of carbonyl (C=O) groups is 2. The van der Waals surface area contributed by atoms with Crippen LogP contribution in [-0.2, 0) is 4.79 Å². The van der Waals surface area contributed by atoms with Crippen LogP contribution >= 0.6 is 11.6 Å². The summed E-state index contributed by atoms with van der Waals surface area (Å²) in [6, 6.07) is 4.20. The molecule has 4 nitrogen and oxygen atoms in total. The molecule has 0 saturated heterocycles. The van der Waals surface area contributed by atoms with Crippen molar-refractivity contribution in [3.05, 3.63) is 34.6 Å². The minimum absolute atomic E-state index is 0.104. The average molecular weight is 288 g/mol. The Balaban J connectivity index is 2.44. The molecule has 0 radical (unpaired) electrons. The van der Waals surface area contributed by atoms with Gasteiger partial charge in [-0.2, -0.15) is 0 Å². The molecule has 0 fully saturated rings. The molecule has 0 spiro atoms. The van der Waals surface area contributed by atoms with Gasteiger partial charge in [-0.15, -0.1) is 0 Å². The van der Waals surface area contributed by atoms with E-state index in [9.17, 15) is 14.0 Å². The van der Waals surface area contributed by atoms with Crippen molar-refractivity contribution in [3.63, 3.8) is 0 Å². The number of nitrogens with one attached hydrogen (secondary N) is 1. The van der Waals surface area contributed by atoms with Crippen LogP contribution in [0.4, 0.5) is 4.39 Å². The Hall–Kier alpha value is -1.62. The molecule has 0 bridgehead atoms. The van der Waals surface area contributed by atoms with Crippen LogP contribution in [0.25, 0.3) is 0 Å². The Kier molecular flexibility index (Phi) is 5.76. The molecule has 0 aromatic heterocycles. The zero-order chi connectivity index (χ0) is 14.4. The first-order chi connectivity index (χ1) is 8.93.